The van der Waals surface area contributed by atoms with Crippen molar-refractivity contribution in [1.82, 2.24) is 19.7 Å². The Bertz CT molecular complexity index is 854. The van der Waals surface area contributed by atoms with E-state index in [9.17, 15) is 0 Å². The zero-order chi connectivity index (χ0) is 14.9. The highest BCUT2D eigenvalue weighted by Crippen LogP contribution is 2.25. The second-order valence-corrected chi connectivity index (χ2v) is 5.17. The van der Waals surface area contributed by atoms with Gasteiger partial charge in [-0.3, -0.25) is 14.5 Å². The van der Waals surface area contributed by atoms with Crippen LogP contribution in [0.2, 0.25) is 0 Å². The zero-order valence-corrected chi connectivity index (χ0v) is 12.4. The predicted octanol–water partition coefficient (Wildman–Crippen LogP) is 2.75. The third kappa shape index (κ3) is 2.02. The molecule has 22 heavy (non-hydrogen) atoms. The lowest BCUT2D eigenvalue weighted by molar-refractivity contribution is 0.858. The maximum absolute atomic E-state index is 6.01. The number of hydrogen-bond donors (Lipinski definition) is 0. The summed E-state index contributed by atoms with van der Waals surface area (Å²) >= 11 is 6.01. The van der Waals surface area contributed by atoms with Crippen molar-refractivity contribution in [2.24, 2.45) is 4.99 Å². The summed E-state index contributed by atoms with van der Waals surface area (Å²) in [5.74, 6) is 1.82. The van der Waals surface area contributed by atoms with E-state index in [0.717, 1.165) is 34.3 Å². The lowest BCUT2D eigenvalue weighted by Gasteiger charge is -2.11. The highest BCUT2D eigenvalue weighted by Gasteiger charge is 2.22. The average Bonchev–Trinajstić information content (AvgIpc) is 2.92. The van der Waals surface area contributed by atoms with Crippen LogP contribution in [-0.4, -0.2) is 25.5 Å². The Kier molecular flexibility index (Phi) is 3.20. The fourth-order valence-electron chi connectivity index (χ4n) is 2.65. The van der Waals surface area contributed by atoms with Gasteiger partial charge in [-0.15, -0.1) is 21.8 Å². The van der Waals surface area contributed by atoms with Crippen LogP contribution in [0.15, 0.2) is 53.7 Å². The van der Waals surface area contributed by atoms with Gasteiger partial charge in [-0.2, -0.15) is 0 Å². The fraction of sp³-hybridized carbons (Fsp3) is 0.125. The van der Waals surface area contributed by atoms with E-state index in [1.807, 2.05) is 47.0 Å². The van der Waals surface area contributed by atoms with Crippen molar-refractivity contribution in [3.8, 4) is 5.69 Å². The minimum absolute atomic E-state index is 0.306. The second-order valence-electron chi connectivity index (χ2n) is 4.90. The summed E-state index contributed by atoms with van der Waals surface area (Å²) in [6.45, 7) is 0.449. The first-order chi connectivity index (χ1) is 10.9. The number of pyridine rings is 1. The number of nitrogens with zero attached hydrogens (tertiary/aromatic N) is 5. The van der Waals surface area contributed by atoms with Crippen molar-refractivity contribution in [1.29, 1.82) is 0 Å². The highest BCUT2D eigenvalue weighted by molar-refractivity contribution is 6.17. The van der Waals surface area contributed by atoms with Gasteiger partial charge in [0.1, 0.15) is 6.54 Å². The molecule has 5 nitrogen and oxygen atoms in total. The van der Waals surface area contributed by atoms with E-state index in [0.29, 0.717) is 12.4 Å². The molecule has 1 aromatic carbocycles. The topological polar surface area (TPSA) is 56.0 Å². The van der Waals surface area contributed by atoms with Crippen LogP contribution in [0.1, 0.15) is 22.9 Å². The number of para-hydroxylation sites is 1. The molecule has 108 valence electrons. The normalized spacial score (nSPS) is 13.0. The maximum atomic E-state index is 6.01. The van der Waals surface area contributed by atoms with Crippen molar-refractivity contribution in [2.45, 2.75) is 12.4 Å². The van der Waals surface area contributed by atoms with Gasteiger partial charge in [0, 0.05) is 11.8 Å². The van der Waals surface area contributed by atoms with Gasteiger partial charge >= 0.3 is 0 Å². The Labute approximate surface area is 132 Å². The van der Waals surface area contributed by atoms with Gasteiger partial charge in [0.2, 0.25) is 0 Å². The standard InChI is InChI=1S/C16H12ClN5/c17-9-14-20-21-15-10-19-16(12-6-3-4-8-18-12)11-5-1-2-7-13(11)22(14)15/h1-8H,9-10H2. The van der Waals surface area contributed by atoms with E-state index in [1.165, 1.54) is 0 Å². The van der Waals surface area contributed by atoms with Gasteiger partial charge in [0.15, 0.2) is 11.6 Å². The Hall–Kier alpha value is -2.53. The first-order valence-corrected chi connectivity index (χ1v) is 7.46. The van der Waals surface area contributed by atoms with E-state index in [2.05, 4.69) is 15.2 Å². The number of fused-ring (bicyclic) bond motifs is 3. The molecular weight excluding hydrogens is 298 g/mol. The maximum Gasteiger partial charge on any atom is 0.159 e. The first kappa shape index (κ1) is 13.2. The lowest BCUT2D eigenvalue weighted by Crippen LogP contribution is -2.09. The van der Waals surface area contributed by atoms with Crippen LogP contribution >= 0.6 is 11.6 Å². The van der Waals surface area contributed by atoms with Crippen molar-refractivity contribution in [2.75, 3.05) is 0 Å². The third-order valence-electron chi connectivity index (χ3n) is 3.60. The van der Waals surface area contributed by atoms with Crippen LogP contribution in [0, 0.1) is 0 Å². The Balaban J connectivity index is 1.97. The van der Waals surface area contributed by atoms with E-state index in [4.69, 9.17) is 16.6 Å². The summed E-state index contributed by atoms with van der Waals surface area (Å²) in [5, 5.41) is 8.37. The van der Waals surface area contributed by atoms with Crippen LogP contribution < -0.4 is 0 Å². The summed E-state index contributed by atoms with van der Waals surface area (Å²) in [6.07, 6.45) is 1.77. The Morgan fingerprint density at radius 3 is 2.73 bits per heavy atom. The zero-order valence-electron chi connectivity index (χ0n) is 11.6. The van der Waals surface area contributed by atoms with Gasteiger partial charge in [0.25, 0.3) is 0 Å². The largest absolute Gasteiger partial charge is 0.280 e. The van der Waals surface area contributed by atoms with Crippen LogP contribution in [0.3, 0.4) is 0 Å². The molecule has 0 atom stereocenters. The third-order valence-corrected chi connectivity index (χ3v) is 3.84. The molecule has 0 amide bonds. The average molecular weight is 310 g/mol. The predicted molar refractivity (Wildman–Crippen MR) is 84.5 cm³/mol. The summed E-state index contributed by atoms with van der Waals surface area (Å²) in [6, 6.07) is 13.9. The smallest absolute Gasteiger partial charge is 0.159 e. The molecule has 2 aromatic heterocycles. The Morgan fingerprint density at radius 1 is 1.05 bits per heavy atom. The molecule has 3 heterocycles. The van der Waals surface area contributed by atoms with Crippen LogP contribution in [-0.2, 0) is 12.4 Å². The summed E-state index contributed by atoms with van der Waals surface area (Å²) < 4.78 is 1.99. The molecule has 0 aliphatic carbocycles. The van der Waals surface area contributed by atoms with E-state index < -0.39 is 0 Å². The summed E-state index contributed by atoms with van der Waals surface area (Å²) in [5.41, 5.74) is 3.70. The van der Waals surface area contributed by atoms with Crippen LogP contribution in [0.5, 0.6) is 0 Å². The number of halogens is 1. The molecule has 6 heteroatoms. The van der Waals surface area contributed by atoms with Crippen LogP contribution in [0.25, 0.3) is 5.69 Å². The van der Waals surface area contributed by atoms with Gasteiger partial charge < -0.3 is 0 Å². The van der Waals surface area contributed by atoms with E-state index >= 15 is 0 Å². The first-order valence-electron chi connectivity index (χ1n) is 6.93. The SMILES string of the molecule is ClCc1nnc2n1-c1ccccc1C(c1ccccn1)=NC2. The molecule has 0 saturated heterocycles. The summed E-state index contributed by atoms with van der Waals surface area (Å²) in [7, 11) is 0. The summed E-state index contributed by atoms with van der Waals surface area (Å²) in [4.78, 5) is 9.14. The molecule has 0 unspecified atom stereocenters. The fourth-order valence-corrected chi connectivity index (χ4v) is 2.82. The molecule has 0 bridgehead atoms. The quantitative estimate of drug-likeness (QED) is 0.684. The van der Waals surface area contributed by atoms with Crippen LogP contribution in [0.4, 0.5) is 0 Å². The molecule has 3 aromatic rings. The highest BCUT2D eigenvalue weighted by atomic mass is 35.5. The van der Waals surface area contributed by atoms with E-state index in [-0.39, 0.29) is 0 Å². The minimum Gasteiger partial charge on any atom is -0.280 e. The molecular formula is C16H12ClN5. The van der Waals surface area contributed by atoms with Crippen molar-refractivity contribution in [3.05, 3.63) is 71.6 Å². The van der Waals surface area contributed by atoms with Gasteiger partial charge in [-0.1, -0.05) is 24.3 Å². The minimum atomic E-state index is 0.306. The second kappa shape index (κ2) is 5.35. The van der Waals surface area contributed by atoms with Gasteiger partial charge in [-0.05, 0) is 18.2 Å². The Morgan fingerprint density at radius 2 is 1.91 bits per heavy atom. The molecule has 0 radical (unpaired) electrons. The molecule has 1 aliphatic heterocycles. The molecule has 1 aliphatic rings. The van der Waals surface area contributed by atoms with Gasteiger partial charge in [0.05, 0.1) is 23.0 Å². The number of benzene rings is 1. The monoisotopic (exact) mass is 309 g/mol. The number of rotatable bonds is 2. The molecule has 0 spiro atoms. The lowest BCUT2D eigenvalue weighted by atomic mass is 10.0. The molecule has 4 rings (SSSR count). The number of alkyl halides is 1. The molecule has 0 saturated carbocycles. The number of aliphatic imine (C=N–C) groups is 1. The van der Waals surface area contributed by atoms with E-state index in [1.54, 1.807) is 6.20 Å². The van der Waals surface area contributed by atoms with Crippen molar-refractivity contribution >= 4 is 17.3 Å². The van der Waals surface area contributed by atoms with Gasteiger partial charge in [-0.25, -0.2) is 0 Å². The molecule has 0 N–H and O–H groups in total. The van der Waals surface area contributed by atoms with Crippen molar-refractivity contribution in [3.63, 3.8) is 0 Å². The number of hydrogen-bond acceptors (Lipinski definition) is 4. The molecule has 0 fully saturated rings. The number of aromatic nitrogens is 4. The van der Waals surface area contributed by atoms with Crippen molar-refractivity contribution < 1.29 is 0 Å².